The van der Waals surface area contributed by atoms with Crippen molar-refractivity contribution in [2.24, 2.45) is 0 Å². The maximum atomic E-state index is 11.1. The highest BCUT2D eigenvalue weighted by molar-refractivity contribution is 7.90. The van der Waals surface area contributed by atoms with Gasteiger partial charge in [0.05, 0.1) is 11.8 Å². The summed E-state index contributed by atoms with van der Waals surface area (Å²) in [6.07, 6.45) is 10.0. The van der Waals surface area contributed by atoms with Gasteiger partial charge >= 0.3 is 0 Å². The number of nitrogens with zero attached hydrogens (tertiary/aromatic N) is 3. The number of aryl methyl sites for hydroxylation is 3. The molecule has 2 rings (SSSR count). The fourth-order valence-corrected chi connectivity index (χ4v) is 3.50. The molecule has 0 amide bonds. The average molecular weight is 337 g/mol. The quantitative estimate of drug-likeness (QED) is 0.563. The number of hydrogen-bond donors (Lipinski definition) is 1. The molecule has 5 nitrogen and oxygen atoms in total. The zero-order valence-corrected chi connectivity index (χ0v) is 15.3. The van der Waals surface area contributed by atoms with Crippen LogP contribution in [0, 0.1) is 6.92 Å². The minimum atomic E-state index is -0.687. The fourth-order valence-electron chi connectivity index (χ4n) is 2.88. The highest BCUT2D eigenvalue weighted by Crippen LogP contribution is 2.25. The van der Waals surface area contributed by atoms with Crippen molar-refractivity contribution in [1.29, 1.82) is 0 Å². The molecule has 0 saturated carbocycles. The van der Waals surface area contributed by atoms with Gasteiger partial charge in [0, 0.05) is 19.2 Å². The SMILES string of the molecule is CCCCc1nc2c(N)ncc(C)c2n1CCCCC[S+](C)[O-]. The molecule has 0 radical (unpaired) electrons. The Balaban J connectivity index is 2.19. The van der Waals surface area contributed by atoms with E-state index in [1.54, 1.807) is 6.26 Å². The second-order valence-electron chi connectivity index (χ2n) is 6.14. The predicted octanol–water partition coefficient (Wildman–Crippen LogP) is 3.21. The molecule has 2 heterocycles. The first-order valence-electron chi connectivity index (χ1n) is 8.44. The van der Waals surface area contributed by atoms with Gasteiger partial charge in [0.1, 0.15) is 17.1 Å². The fraction of sp³-hybridized carbons (Fsp3) is 0.647. The second kappa shape index (κ2) is 8.55. The summed E-state index contributed by atoms with van der Waals surface area (Å²) < 4.78 is 13.5. The Morgan fingerprint density at radius 2 is 2.04 bits per heavy atom. The normalized spacial score (nSPS) is 12.9. The van der Waals surface area contributed by atoms with Gasteiger partial charge in [0.15, 0.2) is 5.82 Å². The monoisotopic (exact) mass is 336 g/mol. The molecule has 6 heteroatoms. The maximum Gasteiger partial charge on any atom is 0.151 e. The van der Waals surface area contributed by atoms with Crippen molar-refractivity contribution >= 4 is 28.0 Å². The minimum Gasteiger partial charge on any atom is -0.617 e. The van der Waals surface area contributed by atoms with Crippen LogP contribution in [0.2, 0.25) is 0 Å². The maximum absolute atomic E-state index is 11.1. The number of nitrogens with two attached hydrogens (primary N) is 1. The first-order valence-corrected chi connectivity index (χ1v) is 10.2. The second-order valence-corrected chi connectivity index (χ2v) is 7.70. The number of rotatable bonds is 9. The third kappa shape index (κ3) is 4.61. The van der Waals surface area contributed by atoms with E-state index in [9.17, 15) is 4.55 Å². The zero-order chi connectivity index (χ0) is 16.8. The molecule has 1 unspecified atom stereocenters. The van der Waals surface area contributed by atoms with Gasteiger partial charge in [-0.2, -0.15) is 0 Å². The highest BCUT2D eigenvalue weighted by atomic mass is 32.2. The summed E-state index contributed by atoms with van der Waals surface area (Å²) in [5.74, 6) is 2.43. The predicted molar refractivity (Wildman–Crippen MR) is 98.1 cm³/mol. The number of anilines is 1. The van der Waals surface area contributed by atoms with Crippen LogP contribution >= 0.6 is 0 Å². The molecular weight excluding hydrogens is 308 g/mol. The Morgan fingerprint density at radius 1 is 1.26 bits per heavy atom. The Hall–Kier alpha value is -1.27. The molecule has 1 atom stereocenters. The van der Waals surface area contributed by atoms with Crippen molar-refractivity contribution < 1.29 is 4.55 Å². The van der Waals surface area contributed by atoms with E-state index in [1.807, 2.05) is 6.20 Å². The van der Waals surface area contributed by atoms with Crippen LogP contribution in [0.4, 0.5) is 5.82 Å². The molecule has 2 aromatic heterocycles. The van der Waals surface area contributed by atoms with E-state index < -0.39 is 11.2 Å². The number of fused-ring (bicyclic) bond motifs is 1. The molecule has 0 bridgehead atoms. The van der Waals surface area contributed by atoms with E-state index in [4.69, 9.17) is 10.7 Å². The summed E-state index contributed by atoms with van der Waals surface area (Å²) in [6.45, 7) is 5.20. The Kier molecular flexibility index (Phi) is 6.72. The minimum absolute atomic E-state index is 0.517. The van der Waals surface area contributed by atoms with Crippen molar-refractivity contribution in [3.8, 4) is 0 Å². The van der Waals surface area contributed by atoms with Crippen LogP contribution < -0.4 is 5.73 Å². The molecule has 2 N–H and O–H groups in total. The van der Waals surface area contributed by atoms with Gasteiger partial charge < -0.3 is 14.9 Å². The molecule has 0 spiro atoms. The molecule has 128 valence electrons. The number of aromatic nitrogens is 3. The van der Waals surface area contributed by atoms with E-state index in [2.05, 4.69) is 23.4 Å². The lowest BCUT2D eigenvalue weighted by Gasteiger charge is -2.11. The first kappa shape index (κ1) is 18.1. The summed E-state index contributed by atoms with van der Waals surface area (Å²) in [5, 5.41) is 0. The van der Waals surface area contributed by atoms with E-state index in [1.165, 1.54) is 0 Å². The average Bonchev–Trinajstić information content (AvgIpc) is 2.88. The van der Waals surface area contributed by atoms with Gasteiger partial charge in [0.2, 0.25) is 0 Å². The van der Waals surface area contributed by atoms with E-state index in [-0.39, 0.29) is 0 Å². The molecule has 0 saturated heterocycles. The summed E-state index contributed by atoms with van der Waals surface area (Å²) in [7, 11) is 0. The Labute approximate surface area is 141 Å². The summed E-state index contributed by atoms with van der Waals surface area (Å²) in [6, 6.07) is 0. The van der Waals surface area contributed by atoms with Crippen molar-refractivity contribution in [1.82, 2.24) is 14.5 Å². The van der Waals surface area contributed by atoms with Crippen LogP contribution in [0.3, 0.4) is 0 Å². The van der Waals surface area contributed by atoms with Crippen molar-refractivity contribution in [2.45, 2.75) is 58.9 Å². The lowest BCUT2D eigenvalue weighted by molar-refractivity contribution is 0.572. The number of unbranched alkanes of at least 4 members (excludes halogenated alkanes) is 3. The number of imidazole rings is 1. The molecule has 0 fully saturated rings. The van der Waals surface area contributed by atoms with Crippen LogP contribution in [0.5, 0.6) is 0 Å². The van der Waals surface area contributed by atoms with Crippen LogP contribution in [0.1, 0.15) is 50.4 Å². The van der Waals surface area contributed by atoms with Crippen LogP contribution in [-0.2, 0) is 24.1 Å². The lowest BCUT2D eigenvalue weighted by atomic mass is 10.2. The van der Waals surface area contributed by atoms with Crippen molar-refractivity contribution in [3.05, 3.63) is 17.6 Å². The van der Waals surface area contributed by atoms with Crippen LogP contribution in [-0.4, -0.2) is 31.1 Å². The number of pyridine rings is 1. The molecular formula is C17H28N4OS. The summed E-state index contributed by atoms with van der Waals surface area (Å²) >= 11 is -0.687. The highest BCUT2D eigenvalue weighted by Gasteiger charge is 2.15. The third-order valence-electron chi connectivity index (χ3n) is 4.13. The van der Waals surface area contributed by atoms with Gasteiger partial charge in [-0.25, -0.2) is 9.97 Å². The van der Waals surface area contributed by atoms with Gasteiger partial charge in [-0.15, -0.1) is 0 Å². The van der Waals surface area contributed by atoms with Gasteiger partial charge in [-0.05, 0) is 38.2 Å². The van der Waals surface area contributed by atoms with Gasteiger partial charge in [0.25, 0.3) is 0 Å². The number of hydrogen-bond acceptors (Lipinski definition) is 4. The molecule has 23 heavy (non-hydrogen) atoms. The topological polar surface area (TPSA) is 79.8 Å². The Morgan fingerprint density at radius 3 is 2.74 bits per heavy atom. The Bertz CT molecular complexity index is 639. The standard InChI is InChI=1S/C17H28N4OS/c1-4-5-9-14-20-15-16(13(2)12-19-17(15)18)21(14)10-7-6-8-11-23(3)22/h12H,4-11H2,1-3H3,(H2,18,19). The smallest absolute Gasteiger partial charge is 0.151 e. The van der Waals surface area contributed by atoms with Crippen LogP contribution in [0.25, 0.3) is 11.0 Å². The van der Waals surface area contributed by atoms with E-state index in [0.29, 0.717) is 5.82 Å². The molecule has 2 aromatic rings. The summed E-state index contributed by atoms with van der Waals surface area (Å²) in [4.78, 5) is 9.00. The largest absolute Gasteiger partial charge is 0.617 e. The van der Waals surface area contributed by atoms with Gasteiger partial charge in [-0.1, -0.05) is 24.5 Å². The zero-order valence-electron chi connectivity index (χ0n) is 14.5. The van der Waals surface area contributed by atoms with E-state index in [0.717, 1.165) is 73.2 Å². The van der Waals surface area contributed by atoms with Gasteiger partial charge in [-0.3, -0.25) is 0 Å². The van der Waals surface area contributed by atoms with Crippen molar-refractivity contribution in [2.75, 3.05) is 17.7 Å². The summed E-state index contributed by atoms with van der Waals surface area (Å²) in [5.41, 5.74) is 9.12. The molecule has 0 aromatic carbocycles. The third-order valence-corrected chi connectivity index (χ3v) is 4.99. The first-order chi connectivity index (χ1) is 11.0. The number of nitrogen functional groups attached to an aromatic ring is 1. The van der Waals surface area contributed by atoms with E-state index >= 15 is 0 Å². The molecule has 0 aliphatic rings. The van der Waals surface area contributed by atoms with Crippen LogP contribution in [0.15, 0.2) is 6.20 Å². The lowest BCUT2D eigenvalue weighted by Crippen LogP contribution is -2.07. The molecule has 0 aliphatic carbocycles. The van der Waals surface area contributed by atoms with Crippen molar-refractivity contribution in [3.63, 3.8) is 0 Å². The molecule has 0 aliphatic heterocycles.